The maximum Gasteiger partial charge on any atom is 0.0465 e. The van der Waals surface area contributed by atoms with E-state index in [1.807, 2.05) is 0 Å². The molecule has 2 heteroatoms. The third-order valence-corrected chi connectivity index (χ3v) is 5.67. The maximum absolute atomic E-state index is 3.59. The van der Waals surface area contributed by atoms with Gasteiger partial charge >= 0.3 is 0 Å². The van der Waals surface area contributed by atoms with Crippen molar-refractivity contribution in [2.24, 2.45) is 0 Å². The Labute approximate surface area is 151 Å². The minimum Gasteiger partial charge on any atom is -0.358 e. The van der Waals surface area contributed by atoms with Gasteiger partial charge in [-0.15, -0.1) is 0 Å². The number of aromatic nitrogens is 2. The fourth-order valence-corrected chi connectivity index (χ4v) is 4.36. The predicted octanol–water partition coefficient (Wildman–Crippen LogP) is 6.29. The fourth-order valence-electron chi connectivity index (χ4n) is 4.36. The van der Waals surface area contributed by atoms with Gasteiger partial charge in [-0.1, -0.05) is 42.5 Å². The van der Waals surface area contributed by atoms with Crippen molar-refractivity contribution in [1.29, 1.82) is 0 Å². The number of benzene rings is 3. The minimum absolute atomic E-state index is 1.07. The predicted molar refractivity (Wildman–Crippen MR) is 110 cm³/mol. The highest BCUT2D eigenvalue weighted by Crippen LogP contribution is 2.36. The van der Waals surface area contributed by atoms with Crippen LogP contribution in [0.3, 0.4) is 0 Å². The highest BCUT2D eigenvalue weighted by molar-refractivity contribution is 6.08. The van der Waals surface area contributed by atoms with E-state index in [2.05, 4.69) is 82.8 Å². The molecule has 0 amide bonds. The summed E-state index contributed by atoms with van der Waals surface area (Å²) in [7, 11) is 0. The van der Waals surface area contributed by atoms with E-state index in [4.69, 9.17) is 0 Å². The van der Waals surface area contributed by atoms with Crippen LogP contribution in [0.25, 0.3) is 44.4 Å². The van der Waals surface area contributed by atoms with Crippen LogP contribution < -0.4 is 0 Å². The van der Waals surface area contributed by atoms with Crippen molar-refractivity contribution >= 4 is 44.4 Å². The van der Waals surface area contributed by atoms with Crippen LogP contribution >= 0.6 is 0 Å². The fraction of sp³-hybridized carbons (Fsp3) is 0.0833. The molecule has 2 nitrogen and oxygen atoms in total. The van der Waals surface area contributed by atoms with Crippen molar-refractivity contribution in [3.05, 3.63) is 83.6 Å². The molecule has 0 bridgehead atoms. The lowest BCUT2D eigenvalue weighted by molar-refractivity contribution is 0.964. The molecule has 0 radical (unpaired) electrons. The third-order valence-electron chi connectivity index (χ3n) is 5.67. The smallest absolute Gasteiger partial charge is 0.0465 e. The molecule has 0 fully saturated rings. The first kappa shape index (κ1) is 14.0. The van der Waals surface area contributed by atoms with Gasteiger partial charge in [-0.3, -0.25) is 0 Å². The summed E-state index contributed by atoms with van der Waals surface area (Å²) in [6.07, 6.45) is 4.53. The number of aryl methyl sites for hydroxylation is 1. The summed E-state index contributed by atoms with van der Waals surface area (Å²) in [5, 5.41) is 3.94. The van der Waals surface area contributed by atoms with Crippen molar-refractivity contribution in [3.63, 3.8) is 0 Å². The molecule has 0 unspecified atom stereocenters. The number of fused-ring (bicyclic) bond motifs is 6. The van der Waals surface area contributed by atoms with Gasteiger partial charge in [0.05, 0.1) is 0 Å². The quantitative estimate of drug-likeness (QED) is 0.361. The second kappa shape index (κ2) is 5.12. The molecule has 0 atom stereocenters. The summed E-state index contributed by atoms with van der Waals surface area (Å²) < 4.78 is 0. The molecular weight excluding hydrogens is 316 g/mol. The molecule has 2 heterocycles. The number of rotatable bonds is 1. The van der Waals surface area contributed by atoms with E-state index in [0.717, 1.165) is 12.8 Å². The van der Waals surface area contributed by atoms with Crippen LogP contribution in [0, 0.1) is 0 Å². The first-order chi connectivity index (χ1) is 12.9. The van der Waals surface area contributed by atoms with Crippen LogP contribution in [-0.4, -0.2) is 9.97 Å². The number of nitrogens with one attached hydrogen (secondary N) is 2. The molecule has 2 aromatic heterocycles. The minimum atomic E-state index is 1.07. The van der Waals surface area contributed by atoms with Gasteiger partial charge in [-0.2, -0.15) is 0 Å². The summed E-state index contributed by atoms with van der Waals surface area (Å²) in [4.78, 5) is 7.11. The first-order valence-electron chi connectivity index (χ1n) is 9.18. The summed E-state index contributed by atoms with van der Waals surface area (Å²) in [5.41, 5.74) is 9.13. The van der Waals surface area contributed by atoms with Crippen LogP contribution in [0.5, 0.6) is 0 Å². The molecule has 0 aliphatic heterocycles. The lowest BCUT2D eigenvalue weighted by Gasteiger charge is -2.14. The van der Waals surface area contributed by atoms with E-state index in [9.17, 15) is 0 Å². The Morgan fingerprint density at radius 3 is 2.23 bits per heavy atom. The molecule has 26 heavy (non-hydrogen) atoms. The lowest BCUT2D eigenvalue weighted by atomic mass is 9.91. The largest absolute Gasteiger partial charge is 0.358 e. The molecule has 1 aliphatic rings. The summed E-state index contributed by atoms with van der Waals surface area (Å²) in [5.74, 6) is 0. The number of aromatic amines is 2. The van der Waals surface area contributed by atoms with Gasteiger partial charge in [0.1, 0.15) is 0 Å². The number of para-hydroxylation sites is 2. The summed E-state index contributed by atoms with van der Waals surface area (Å²) in [6.45, 7) is 0. The maximum atomic E-state index is 3.59. The summed E-state index contributed by atoms with van der Waals surface area (Å²) >= 11 is 0. The Hall–Kier alpha value is -3.26. The number of hydrogen-bond donors (Lipinski definition) is 2. The normalized spacial score (nSPS) is 14.1. The van der Waals surface area contributed by atoms with Crippen molar-refractivity contribution < 1.29 is 0 Å². The van der Waals surface area contributed by atoms with Gasteiger partial charge in [0.25, 0.3) is 0 Å². The first-order valence-corrected chi connectivity index (χ1v) is 9.18. The second-order valence-corrected chi connectivity index (χ2v) is 7.16. The molecule has 1 aliphatic carbocycles. The van der Waals surface area contributed by atoms with E-state index < -0.39 is 0 Å². The Bertz CT molecular complexity index is 1330. The Balaban J connectivity index is 1.55. The molecule has 0 saturated carbocycles. The lowest BCUT2D eigenvalue weighted by Crippen LogP contribution is -1.97. The van der Waals surface area contributed by atoms with Crippen LogP contribution in [0.4, 0.5) is 0 Å². The highest BCUT2D eigenvalue weighted by atomic mass is 14.7. The zero-order chi connectivity index (χ0) is 17.1. The van der Waals surface area contributed by atoms with Gasteiger partial charge in [0, 0.05) is 44.0 Å². The van der Waals surface area contributed by atoms with Crippen molar-refractivity contribution in [3.8, 4) is 0 Å². The Morgan fingerprint density at radius 2 is 1.35 bits per heavy atom. The average Bonchev–Trinajstić information content (AvgIpc) is 3.25. The molecule has 0 saturated heterocycles. The molecule has 3 aromatic carbocycles. The van der Waals surface area contributed by atoms with E-state index in [1.165, 1.54) is 55.1 Å². The van der Waals surface area contributed by atoms with E-state index in [1.54, 1.807) is 0 Å². The van der Waals surface area contributed by atoms with Crippen LogP contribution in [-0.2, 0) is 6.42 Å². The molecule has 5 aromatic rings. The molecule has 0 spiro atoms. The SMILES string of the molecule is C1=C(c2ccc3[nH]c4ccccc4c3c2)CCc2[nH]c3ccccc3c21. The van der Waals surface area contributed by atoms with Gasteiger partial charge in [0.15, 0.2) is 0 Å². The zero-order valence-electron chi connectivity index (χ0n) is 14.3. The van der Waals surface area contributed by atoms with Gasteiger partial charge in [-0.25, -0.2) is 0 Å². The third kappa shape index (κ3) is 1.93. The topological polar surface area (TPSA) is 31.6 Å². The Kier molecular flexibility index (Phi) is 2.75. The van der Waals surface area contributed by atoms with Crippen molar-refractivity contribution in [2.45, 2.75) is 12.8 Å². The average molecular weight is 334 g/mol. The number of hydrogen-bond acceptors (Lipinski definition) is 0. The van der Waals surface area contributed by atoms with Crippen molar-refractivity contribution in [2.75, 3.05) is 0 Å². The second-order valence-electron chi connectivity index (χ2n) is 7.16. The zero-order valence-corrected chi connectivity index (χ0v) is 14.3. The van der Waals surface area contributed by atoms with Crippen LogP contribution in [0.15, 0.2) is 66.7 Å². The van der Waals surface area contributed by atoms with E-state index in [-0.39, 0.29) is 0 Å². The van der Waals surface area contributed by atoms with Crippen molar-refractivity contribution in [1.82, 2.24) is 9.97 Å². The van der Waals surface area contributed by atoms with Crippen LogP contribution in [0.1, 0.15) is 23.2 Å². The number of H-pyrrole nitrogens is 2. The summed E-state index contributed by atoms with van der Waals surface area (Å²) in [6, 6.07) is 24.0. The van der Waals surface area contributed by atoms with Gasteiger partial charge < -0.3 is 9.97 Å². The number of allylic oxidation sites excluding steroid dienone is 1. The van der Waals surface area contributed by atoms with Crippen LogP contribution in [0.2, 0.25) is 0 Å². The highest BCUT2D eigenvalue weighted by Gasteiger charge is 2.17. The monoisotopic (exact) mass is 334 g/mol. The molecular formula is C24H18N2. The van der Waals surface area contributed by atoms with E-state index in [0.29, 0.717) is 0 Å². The van der Waals surface area contributed by atoms with Gasteiger partial charge in [-0.05, 0) is 54.3 Å². The molecule has 6 rings (SSSR count). The van der Waals surface area contributed by atoms with E-state index >= 15 is 0 Å². The molecule has 2 N–H and O–H groups in total. The molecule has 124 valence electrons. The standard InChI is InChI=1S/C24H18N2/c1-3-7-21-17(5-1)19-13-15(9-11-23(19)25-21)16-10-12-24-20(14-16)18-6-2-4-8-22(18)26-24/h1-9,11,13-14,25-26H,10,12H2. The Morgan fingerprint density at radius 1 is 0.615 bits per heavy atom. The van der Waals surface area contributed by atoms with Gasteiger partial charge in [0.2, 0.25) is 0 Å².